The lowest BCUT2D eigenvalue weighted by atomic mass is 9.97. The van der Waals surface area contributed by atoms with E-state index in [1.807, 2.05) is 72.9 Å². The van der Waals surface area contributed by atoms with Crippen LogP contribution in [-0.4, -0.2) is 65.5 Å². The number of halogens is 2. The molecule has 1 saturated carbocycles. The minimum absolute atomic E-state index is 0.292. The van der Waals surface area contributed by atoms with Gasteiger partial charge in [0.05, 0.1) is 23.5 Å². The van der Waals surface area contributed by atoms with Crippen molar-refractivity contribution in [2.45, 2.75) is 35.2 Å². The minimum Gasteiger partial charge on any atom is -0.391 e. The van der Waals surface area contributed by atoms with Crippen molar-refractivity contribution in [3.05, 3.63) is 107 Å². The van der Waals surface area contributed by atoms with E-state index in [2.05, 4.69) is 27.3 Å². The van der Waals surface area contributed by atoms with E-state index in [0.29, 0.717) is 0 Å². The SMILES string of the molecule is FC1(F)C2c3ccccc3Cc3ccccc3C21.O[C@@H](CSc1cccc2ncccc12)CN1CCNCC1. The van der Waals surface area contributed by atoms with Crippen LogP contribution in [0.4, 0.5) is 8.78 Å². The summed E-state index contributed by atoms with van der Waals surface area (Å²) < 4.78 is 28.1. The highest BCUT2D eigenvalue weighted by Crippen LogP contribution is 2.69. The van der Waals surface area contributed by atoms with Crippen LogP contribution in [-0.2, 0) is 6.42 Å². The van der Waals surface area contributed by atoms with E-state index in [4.69, 9.17) is 0 Å². The Balaban J connectivity index is 0.000000143. The first-order valence-corrected chi connectivity index (χ1v) is 14.6. The summed E-state index contributed by atoms with van der Waals surface area (Å²) in [5.41, 5.74) is 4.79. The Kier molecular flexibility index (Phi) is 7.67. The molecule has 2 heterocycles. The van der Waals surface area contributed by atoms with Gasteiger partial charge >= 0.3 is 0 Å². The second-order valence-electron chi connectivity index (χ2n) is 10.5. The molecule has 2 N–H and O–H groups in total. The number of nitrogens with one attached hydrogen (secondary N) is 1. The summed E-state index contributed by atoms with van der Waals surface area (Å²) in [5.74, 6) is -3.08. The van der Waals surface area contributed by atoms with E-state index in [9.17, 15) is 13.9 Å². The van der Waals surface area contributed by atoms with Gasteiger partial charge < -0.3 is 10.4 Å². The van der Waals surface area contributed by atoms with Crippen molar-refractivity contribution in [3.63, 3.8) is 0 Å². The topological polar surface area (TPSA) is 48.4 Å². The maximum absolute atomic E-state index is 14.0. The number of hydrogen-bond donors (Lipinski definition) is 2. The highest BCUT2D eigenvalue weighted by Gasteiger charge is 2.70. The molecule has 202 valence electrons. The van der Waals surface area contributed by atoms with E-state index in [-0.39, 0.29) is 6.10 Å². The number of rotatable bonds is 5. The van der Waals surface area contributed by atoms with Crippen LogP contribution in [0.1, 0.15) is 34.1 Å². The highest BCUT2D eigenvalue weighted by molar-refractivity contribution is 7.99. The number of nitrogens with zero attached hydrogens (tertiary/aromatic N) is 2. The van der Waals surface area contributed by atoms with Crippen molar-refractivity contribution < 1.29 is 13.9 Å². The number of fused-ring (bicyclic) bond motifs is 6. The van der Waals surface area contributed by atoms with Crippen molar-refractivity contribution in [2.75, 3.05) is 38.5 Å². The van der Waals surface area contributed by atoms with Crippen LogP contribution < -0.4 is 5.32 Å². The number of benzene rings is 3. The molecule has 2 unspecified atom stereocenters. The van der Waals surface area contributed by atoms with Crippen molar-refractivity contribution in [3.8, 4) is 0 Å². The van der Waals surface area contributed by atoms with Crippen LogP contribution in [0.3, 0.4) is 0 Å². The summed E-state index contributed by atoms with van der Waals surface area (Å²) >= 11 is 1.71. The van der Waals surface area contributed by atoms with Crippen LogP contribution in [0.2, 0.25) is 0 Å². The zero-order valence-electron chi connectivity index (χ0n) is 21.8. The van der Waals surface area contributed by atoms with Gasteiger partial charge in [0.1, 0.15) is 0 Å². The lowest BCUT2D eigenvalue weighted by Gasteiger charge is -2.29. The summed E-state index contributed by atoms with van der Waals surface area (Å²) in [6, 6.07) is 25.5. The Hall–Kier alpha value is -2.84. The summed E-state index contributed by atoms with van der Waals surface area (Å²) in [6.45, 7) is 4.86. The number of aliphatic hydroxyl groups is 1. The van der Waals surface area contributed by atoms with E-state index in [1.165, 1.54) is 10.3 Å². The normalized spacial score (nSPS) is 21.9. The first-order chi connectivity index (χ1) is 19.0. The van der Waals surface area contributed by atoms with Gasteiger partial charge in [-0.05, 0) is 46.9 Å². The molecule has 7 heteroatoms. The largest absolute Gasteiger partial charge is 0.391 e. The number of piperazine rings is 1. The van der Waals surface area contributed by atoms with Crippen molar-refractivity contribution >= 4 is 22.7 Å². The van der Waals surface area contributed by atoms with Gasteiger partial charge in [-0.15, -0.1) is 11.8 Å². The molecule has 0 spiro atoms. The molecule has 1 saturated heterocycles. The molecule has 39 heavy (non-hydrogen) atoms. The smallest absolute Gasteiger partial charge is 0.263 e. The molecular formula is C32H33F2N3OS. The lowest BCUT2D eigenvalue weighted by molar-refractivity contribution is 0.104. The zero-order valence-corrected chi connectivity index (χ0v) is 22.6. The lowest BCUT2D eigenvalue weighted by Crippen LogP contribution is -2.46. The van der Waals surface area contributed by atoms with E-state index < -0.39 is 17.8 Å². The third kappa shape index (κ3) is 5.59. The Morgan fingerprint density at radius 3 is 2.26 bits per heavy atom. The first kappa shape index (κ1) is 26.4. The molecule has 3 aliphatic rings. The van der Waals surface area contributed by atoms with Gasteiger partial charge in [0, 0.05) is 55.0 Å². The molecule has 0 amide bonds. The molecule has 1 aliphatic heterocycles. The maximum atomic E-state index is 14.0. The molecule has 7 rings (SSSR count). The third-order valence-corrected chi connectivity index (χ3v) is 9.15. The fourth-order valence-electron chi connectivity index (χ4n) is 5.93. The summed E-state index contributed by atoms with van der Waals surface area (Å²) in [4.78, 5) is 7.89. The Morgan fingerprint density at radius 1 is 0.897 bits per heavy atom. The van der Waals surface area contributed by atoms with Crippen LogP contribution in [0.5, 0.6) is 0 Å². The van der Waals surface area contributed by atoms with E-state index in [1.54, 1.807) is 11.8 Å². The summed E-state index contributed by atoms with van der Waals surface area (Å²) in [6.07, 6.45) is 2.30. The van der Waals surface area contributed by atoms with Crippen LogP contribution in [0.25, 0.3) is 10.9 Å². The quantitative estimate of drug-likeness (QED) is 0.315. The fraction of sp³-hybridized carbons (Fsp3) is 0.344. The van der Waals surface area contributed by atoms with Gasteiger partial charge in [0.2, 0.25) is 0 Å². The van der Waals surface area contributed by atoms with Gasteiger partial charge in [-0.3, -0.25) is 9.88 Å². The molecule has 3 atom stereocenters. The van der Waals surface area contributed by atoms with Crippen molar-refractivity contribution in [1.29, 1.82) is 0 Å². The predicted octanol–water partition coefficient (Wildman–Crippen LogP) is 5.70. The highest BCUT2D eigenvalue weighted by atomic mass is 32.2. The van der Waals surface area contributed by atoms with Gasteiger partial charge in [0.15, 0.2) is 0 Å². The molecule has 0 bridgehead atoms. The molecule has 1 aromatic heterocycles. The van der Waals surface area contributed by atoms with E-state index >= 15 is 0 Å². The van der Waals surface area contributed by atoms with Gasteiger partial charge in [0.25, 0.3) is 5.92 Å². The average molecular weight is 546 g/mol. The molecule has 3 aromatic carbocycles. The summed E-state index contributed by atoms with van der Waals surface area (Å²) in [7, 11) is 0. The van der Waals surface area contributed by atoms with Crippen LogP contribution >= 0.6 is 11.8 Å². The van der Waals surface area contributed by atoms with Crippen molar-refractivity contribution in [2.24, 2.45) is 0 Å². The standard InChI is InChI=1S/C16H12F2.C16H21N3OS/c17-16(18)14-12-7-3-1-5-10(12)9-11-6-2-4-8-13(11)15(14)16;20-13(11-19-9-7-17-8-10-19)12-21-16-5-1-4-15-14(16)3-2-6-18-15/h1-8,14-15H,9H2;1-6,13,17,20H,7-12H2/t;13-/m.1/s1. The van der Waals surface area contributed by atoms with Gasteiger partial charge in [-0.1, -0.05) is 60.7 Å². The molecule has 0 radical (unpaired) electrons. The Labute approximate surface area is 232 Å². The fourth-order valence-corrected chi connectivity index (χ4v) is 6.91. The zero-order chi connectivity index (χ0) is 26.8. The minimum atomic E-state index is -2.58. The molecule has 2 aliphatic carbocycles. The maximum Gasteiger partial charge on any atom is 0.263 e. The predicted molar refractivity (Wildman–Crippen MR) is 154 cm³/mol. The average Bonchev–Trinajstić information content (AvgIpc) is 3.58. The second-order valence-corrected chi connectivity index (χ2v) is 11.6. The van der Waals surface area contributed by atoms with Crippen LogP contribution in [0, 0.1) is 0 Å². The van der Waals surface area contributed by atoms with Crippen LogP contribution in [0.15, 0.2) is 90.0 Å². The van der Waals surface area contributed by atoms with Gasteiger partial charge in [-0.25, -0.2) is 8.78 Å². The Bertz CT molecular complexity index is 1380. The number of β-amino-alcohol motifs (C(OH)–C–C–N with tert-alkyl or cyclic N) is 1. The molecule has 2 fully saturated rings. The first-order valence-electron chi connectivity index (χ1n) is 13.6. The molecular weight excluding hydrogens is 512 g/mol. The number of thioether (sulfide) groups is 1. The third-order valence-electron chi connectivity index (χ3n) is 7.93. The van der Waals surface area contributed by atoms with Gasteiger partial charge in [-0.2, -0.15) is 0 Å². The number of alkyl halides is 2. The number of aromatic nitrogens is 1. The number of aliphatic hydroxyl groups excluding tert-OH is 1. The van der Waals surface area contributed by atoms with E-state index in [0.717, 1.165) is 72.7 Å². The molecule has 4 aromatic rings. The molecule has 4 nitrogen and oxygen atoms in total. The monoisotopic (exact) mass is 545 g/mol. The number of hydrogen-bond acceptors (Lipinski definition) is 5. The number of pyridine rings is 1. The Morgan fingerprint density at radius 2 is 1.56 bits per heavy atom. The second kappa shape index (κ2) is 11.3. The van der Waals surface area contributed by atoms with Crippen molar-refractivity contribution in [1.82, 2.24) is 15.2 Å². The summed E-state index contributed by atoms with van der Waals surface area (Å²) in [5, 5.41) is 14.7.